The van der Waals surface area contributed by atoms with Gasteiger partial charge in [0.1, 0.15) is 5.75 Å². The second kappa shape index (κ2) is 10.9. The number of urea groups is 1. The van der Waals surface area contributed by atoms with Gasteiger partial charge < -0.3 is 25.2 Å². The summed E-state index contributed by atoms with van der Waals surface area (Å²) in [6, 6.07) is 7.14. The molecule has 7 nitrogen and oxygen atoms in total. The Bertz CT molecular complexity index is 648. The first-order valence-electron chi connectivity index (χ1n) is 10.3. The smallest absolute Gasteiger partial charge is 0.315 e. The highest BCUT2D eigenvalue weighted by Gasteiger charge is 2.31. The van der Waals surface area contributed by atoms with Gasteiger partial charge in [-0.2, -0.15) is 0 Å². The van der Waals surface area contributed by atoms with Crippen molar-refractivity contribution in [3.05, 3.63) is 24.3 Å². The average Bonchev–Trinajstić information content (AvgIpc) is 3.05. The quantitative estimate of drug-likeness (QED) is 0.561. The molecule has 0 aromatic heterocycles. The van der Waals surface area contributed by atoms with Crippen LogP contribution in [0.3, 0.4) is 0 Å². The summed E-state index contributed by atoms with van der Waals surface area (Å²) >= 11 is 0. The van der Waals surface area contributed by atoms with Gasteiger partial charge in [-0.05, 0) is 45.7 Å². The van der Waals surface area contributed by atoms with Crippen molar-refractivity contribution in [2.24, 2.45) is 0 Å². The van der Waals surface area contributed by atoms with Crippen molar-refractivity contribution < 1.29 is 19.2 Å². The molecule has 3 N–H and O–H groups in total. The van der Waals surface area contributed by atoms with Crippen molar-refractivity contribution in [3.63, 3.8) is 0 Å². The zero-order chi connectivity index (χ0) is 20.5. The molecule has 1 aromatic carbocycles. The number of hydrogen-bond acceptors (Lipinski definition) is 3. The van der Waals surface area contributed by atoms with E-state index in [2.05, 4.69) is 24.5 Å². The Hall–Kier alpha value is -2.28. The maximum atomic E-state index is 12.4. The van der Waals surface area contributed by atoms with E-state index in [4.69, 9.17) is 4.74 Å². The molecule has 0 spiro atoms. The summed E-state index contributed by atoms with van der Waals surface area (Å²) in [6.07, 6.45) is 2.35. The number of carbonyl (C=O) groups excluding carboxylic acids is 2. The van der Waals surface area contributed by atoms with Gasteiger partial charge in [0, 0.05) is 30.8 Å². The van der Waals surface area contributed by atoms with Gasteiger partial charge in [0.25, 0.3) is 0 Å². The molecule has 1 aliphatic heterocycles. The Morgan fingerprint density at radius 1 is 1.36 bits per heavy atom. The molecule has 1 aromatic rings. The molecule has 28 heavy (non-hydrogen) atoms. The molecular formula is C21H35N4O3+. The number of nitrogens with zero attached hydrogens (tertiary/aromatic N) is 1. The van der Waals surface area contributed by atoms with Crippen molar-refractivity contribution in [3.8, 4) is 5.75 Å². The van der Waals surface area contributed by atoms with E-state index in [1.165, 1.54) is 0 Å². The van der Waals surface area contributed by atoms with Crippen LogP contribution in [0.2, 0.25) is 0 Å². The van der Waals surface area contributed by atoms with Gasteiger partial charge in [0.2, 0.25) is 5.91 Å². The summed E-state index contributed by atoms with van der Waals surface area (Å²) in [4.78, 5) is 27.9. The third kappa shape index (κ3) is 6.41. The van der Waals surface area contributed by atoms with Crippen LogP contribution in [0.1, 0.15) is 40.0 Å². The van der Waals surface area contributed by atoms with E-state index in [9.17, 15) is 9.59 Å². The van der Waals surface area contributed by atoms with Crippen LogP contribution in [0.15, 0.2) is 24.3 Å². The van der Waals surface area contributed by atoms with Crippen LogP contribution >= 0.6 is 0 Å². The first-order chi connectivity index (χ1) is 13.5. The first-order valence-corrected chi connectivity index (χ1v) is 10.3. The molecule has 2 rings (SSSR count). The number of hydrogen-bond donors (Lipinski definition) is 3. The molecule has 3 amide bonds. The number of nitrogens with one attached hydrogen (secondary N) is 3. The first kappa shape index (κ1) is 22.0. The highest BCUT2D eigenvalue weighted by Crippen LogP contribution is 2.25. The monoisotopic (exact) mass is 391 g/mol. The van der Waals surface area contributed by atoms with Crippen molar-refractivity contribution in [2.45, 2.75) is 52.1 Å². The summed E-state index contributed by atoms with van der Waals surface area (Å²) < 4.78 is 5.23. The fraction of sp³-hybridized carbons (Fsp3) is 0.619. The molecule has 0 aliphatic carbocycles. The van der Waals surface area contributed by atoms with E-state index in [0.29, 0.717) is 18.7 Å². The molecule has 0 unspecified atom stereocenters. The fourth-order valence-electron chi connectivity index (χ4n) is 3.62. The molecule has 1 aliphatic rings. The van der Waals surface area contributed by atoms with E-state index < -0.39 is 0 Å². The van der Waals surface area contributed by atoms with E-state index in [-0.39, 0.29) is 24.0 Å². The Balaban J connectivity index is 1.77. The highest BCUT2D eigenvalue weighted by atomic mass is 16.5. The molecule has 156 valence electrons. The van der Waals surface area contributed by atoms with Crippen LogP contribution in [-0.4, -0.2) is 57.3 Å². The molecule has 7 heteroatoms. The Morgan fingerprint density at radius 3 is 2.79 bits per heavy atom. The summed E-state index contributed by atoms with van der Waals surface area (Å²) in [5.41, 5.74) is 0.793. The van der Waals surface area contributed by atoms with Gasteiger partial charge in [0.05, 0.1) is 32.8 Å². The number of methoxy groups -OCH3 is 1. The zero-order valence-electron chi connectivity index (χ0n) is 17.6. The molecule has 2 atom stereocenters. The lowest BCUT2D eigenvalue weighted by molar-refractivity contribution is -0.896. The summed E-state index contributed by atoms with van der Waals surface area (Å²) in [6.45, 7) is 10.3. The zero-order valence-corrected chi connectivity index (χ0v) is 17.6. The van der Waals surface area contributed by atoms with Gasteiger partial charge in [-0.3, -0.25) is 4.79 Å². The number of rotatable bonds is 10. The lowest BCUT2D eigenvalue weighted by Crippen LogP contribution is -3.11. The number of benzene rings is 1. The van der Waals surface area contributed by atoms with Gasteiger partial charge in [-0.25, -0.2) is 4.79 Å². The topological polar surface area (TPSA) is 75.1 Å². The van der Waals surface area contributed by atoms with Crippen molar-refractivity contribution in [1.29, 1.82) is 0 Å². The van der Waals surface area contributed by atoms with Crippen LogP contribution in [0, 0.1) is 0 Å². The predicted molar refractivity (Wildman–Crippen MR) is 111 cm³/mol. The molecular weight excluding hydrogens is 356 g/mol. The lowest BCUT2D eigenvalue weighted by Gasteiger charge is -2.20. The maximum Gasteiger partial charge on any atom is 0.315 e. The van der Waals surface area contributed by atoms with Crippen LogP contribution in [0.4, 0.5) is 10.5 Å². The van der Waals surface area contributed by atoms with Crippen LogP contribution < -0.4 is 25.2 Å². The number of amides is 3. The SMILES string of the molecule is CC[NH+](CC)CCC[C@@H](C)NC(=O)N[C@@H]1CC(=O)N(c2cccc(OC)c2)C1. The third-order valence-corrected chi connectivity index (χ3v) is 5.37. The summed E-state index contributed by atoms with van der Waals surface area (Å²) in [5, 5.41) is 5.94. The minimum Gasteiger partial charge on any atom is -0.497 e. The maximum absolute atomic E-state index is 12.4. The van der Waals surface area contributed by atoms with Gasteiger partial charge >= 0.3 is 6.03 Å². The average molecular weight is 392 g/mol. The molecule has 0 radical (unpaired) electrons. The normalized spacial score (nSPS) is 17.7. The van der Waals surface area contributed by atoms with Crippen molar-refractivity contribution >= 4 is 17.6 Å². The van der Waals surface area contributed by atoms with E-state index in [1.807, 2.05) is 31.2 Å². The molecule has 1 fully saturated rings. The molecule has 0 bridgehead atoms. The highest BCUT2D eigenvalue weighted by molar-refractivity contribution is 5.97. The van der Waals surface area contributed by atoms with Crippen LogP contribution in [0.25, 0.3) is 0 Å². The largest absolute Gasteiger partial charge is 0.497 e. The number of ether oxygens (including phenoxy) is 1. The Morgan fingerprint density at radius 2 is 2.11 bits per heavy atom. The standard InChI is InChI=1S/C21H34N4O3/c1-5-24(6-2)12-8-9-16(3)22-21(27)23-17-13-20(26)25(15-17)18-10-7-11-19(14-18)28-4/h7,10-11,14,16-17H,5-6,8-9,12-13,15H2,1-4H3,(H2,22,23,27)/p+1/t16-,17-/m1/s1. The minimum atomic E-state index is -0.201. The van der Waals surface area contributed by atoms with Gasteiger partial charge in [-0.1, -0.05) is 6.07 Å². The van der Waals surface area contributed by atoms with Crippen molar-refractivity contribution in [1.82, 2.24) is 10.6 Å². The number of carbonyl (C=O) groups is 2. The van der Waals surface area contributed by atoms with Crippen LogP contribution in [0.5, 0.6) is 5.75 Å². The molecule has 1 heterocycles. The predicted octanol–water partition coefficient (Wildman–Crippen LogP) is 1.19. The summed E-state index contributed by atoms with van der Waals surface area (Å²) in [5.74, 6) is 0.716. The Kier molecular flexibility index (Phi) is 8.57. The fourth-order valence-corrected chi connectivity index (χ4v) is 3.62. The molecule has 0 saturated carbocycles. The van der Waals surface area contributed by atoms with Gasteiger partial charge in [0.15, 0.2) is 0 Å². The third-order valence-electron chi connectivity index (χ3n) is 5.37. The molecule has 1 saturated heterocycles. The minimum absolute atomic E-state index is 0.00815. The number of anilines is 1. The number of quaternary nitrogens is 1. The van der Waals surface area contributed by atoms with E-state index >= 15 is 0 Å². The second-order valence-corrected chi connectivity index (χ2v) is 7.48. The second-order valence-electron chi connectivity index (χ2n) is 7.48. The van der Waals surface area contributed by atoms with Crippen molar-refractivity contribution in [2.75, 3.05) is 38.2 Å². The Labute approximate surface area is 168 Å². The van der Waals surface area contributed by atoms with Gasteiger partial charge in [-0.15, -0.1) is 0 Å². The van der Waals surface area contributed by atoms with E-state index in [1.54, 1.807) is 16.9 Å². The van der Waals surface area contributed by atoms with E-state index in [0.717, 1.165) is 38.2 Å². The lowest BCUT2D eigenvalue weighted by atomic mass is 10.2. The van der Waals surface area contributed by atoms with Crippen LogP contribution in [-0.2, 0) is 4.79 Å². The summed E-state index contributed by atoms with van der Waals surface area (Å²) in [7, 11) is 1.60.